The van der Waals surface area contributed by atoms with Gasteiger partial charge >= 0.3 is 0 Å². The lowest BCUT2D eigenvalue weighted by atomic mass is 9.73. The number of hydrogen-bond acceptors (Lipinski definition) is 3. The molecule has 1 unspecified atom stereocenters. The molecule has 1 amide bonds. The van der Waals surface area contributed by atoms with Crippen LogP contribution in [0.2, 0.25) is 0 Å². The molecule has 3 N–H and O–H groups in total. The van der Waals surface area contributed by atoms with Gasteiger partial charge in [-0.3, -0.25) is 4.79 Å². The van der Waals surface area contributed by atoms with Gasteiger partial charge in [-0.05, 0) is 19.3 Å². The zero-order chi connectivity index (χ0) is 13.2. The standard InChI is InChI=1S/C13H22N2O2S/c14-11(18)13(5-2-1-3-6-13)12(17)15-7-4-10(8-15)9-16/h10,16H,1-9H2,(H2,14,18). The first-order chi connectivity index (χ1) is 8.60. The van der Waals surface area contributed by atoms with Crippen LogP contribution in [-0.2, 0) is 4.79 Å². The van der Waals surface area contributed by atoms with Crippen molar-refractivity contribution in [2.45, 2.75) is 38.5 Å². The highest BCUT2D eigenvalue weighted by atomic mass is 32.1. The van der Waals surface area contributed by atoms with E-state index in [-0.39, 0.29) is 18.4 Å². The van der Waals surface area contributed by atoms with Gasteiger partial charge < -0.3 is 15.7 Å². The van der Waals surface area contributed by atoms with Crippen LogP contribution in [0.3, 0.4) is 0 Å². The summed E-state index contributed by atoms with van der Waals surface area (Å²) in [4.78, 5) is 14.9. The fourth-order valence-corrected chi connectivity index (χ4v) is 3.48. The van der Waals surface area contributed by atoms with E-state index in [2.05, 4.69) is 0 Å². The number of amides is 1. The first-order valence-electron chi connectivity index (χ1n) is 6.80. The van der Waals surface area contributed by atoms with Crippen molar-refractivity contribution in [3.05, 3.63) is 0 Å². The summed E-state index contributed by atoms with van der Waals surface area (Å²) >= 11 is 5.18. The summed E-state index contributed by atoms with van der Waals surface area (Å²) in [6, 6.07) is 0. The quantitative estimate of drug-likeness (QED) is 0.753. The summed E-state index contributed by atoms with van der Waals surface area (Å²) < 4.78 is 0. The average Bonchev–Trinajstić information content (AvgIpc) is 2.87. The van der Waals surface area contributed by atoms with Crippen LogP contribution in [0.5, 0.6) is 0 Å². The van der Waals surface area contributed by atoms with Crippen molar-refractivity contribution in [3.8, 4) is 0 Å². The Morgan fingerprint density at radius 3 is 2.56 bits per heavy atom. The van der Waals surface area contributed by atoms with Gasteiger partial charge in [-0.2, -0.15) is 0 Å². The Hall–Kier alpha value is -0.680. The van der Waals surface area contributed by atoms with Crippen molar-refractivity contribution < 1.29 is 9.90 Å². The molecule has 5 heteroatoms. The Balaban J connectivity index is 2.11. The Morgan fingerprint density at radius 1 is 1.39 bits per heavy atom. The molecule has 1 atom stereocenters. The number of likely N-dealkylation sites (tertiary alicyclic amines) is 1. The van der Waals surface area contributed by atoms with E-state index in [9.17, 15) is 4.79 Å². The van der Waals surface area contributed by atoms with Crippen molar-refractivity contribution in [1.82, 2.24) is 4.90 Å². The lowest BCUT2D eigenvalue weighted by molar-refractivity contribution is -0.138. The molecule has 1 heterocycles. The first-order valence-corrected chi connectivity index (χ1v) is 7.21. The summed E-state index contributed by atoms with van der Waals surface area (Å²) in [5, 5.41) is 9.16. The van der Waals surface area contributed by atoms with Crippen LogP contribution in [0.1, 0.15) is 38.5 Å². The SMILES string of the molecule is NC(=S)C1(C(=O)N2CCC(CO)C2)CCCCC1. The second kappa shape index (κ2) is 5.53. The molecule has 0 radical (unpaired) electrons. The number of thiocarbonyl (C=S) groups is 1. The Bertz CT molecular complexity index is 340. The van der Waals surface area contributed by atoms with Crippen LogP contribution in [0, 0.1) is 11.3 Å². The molecule has 2 aliphatic rings. The number of nitrogens with two attached hydrogens (primary N) is 1. The van der Waals surface area contributed by atoms with Gasteiger partial charge in [-0.1, -0.05) is 31.5 Å². The molecule has 1 saturated heterocycles. The van der Waals surface area contributed by atoms with Gasteiger partial charge in [0, 0.05) is 25.6 Å². The molecule has 0 spiro atoms. The second-order valence-electron chi connectivity index (χ2n) is 5.60. The highest BCUT2D eigenvalue weighted by molar-refractivity contribution is 7.80. The maximum absolute atomic E-state index is 12.7. The predicted octanol–water partition coefficient (Wildman–Crippen LogP) is 1.06. The topological polar surface area (TPSA) is 66.6 Å². The number of rotatable bonds is 3. The zero-order valence-corrected chi connectivity index (χ0v) is 11.5. The third-order valence-electron chi connectivity index (χ3n) is 4.42. The maximum Gasteiger partial charge on any atom is 0.235 e. The third-order valence-corrected chi connectivity index (χ3v) is 4.81. The lowest BCUT2D eigenvalue weighted by Gasteiger charge is -2.37. The van der Waals surface area contributed by atoms with E-state index in [0.717, 1.165) is 45.1 Å². The van der Waals surface area contributed by atoms with Gasteiger partial charge in [-0.25, -0.2) is 0 Å². The summed E-state index contributed by atoms with van der Waals surface area (Å²) in [5.74, 6) is 0.326. The van der Waals surface area contributed by atoms with Gasteiger partial charge in [-0.15, -0.1) is 0 Å². The maximum atomic E-state index is 12.7. The number of hydrogen-bond donors (Lipinski definition) is 2. The van der Waals surface area contributed by atoms with E-state index in [1.807, 2.05) is 4.90 Å². The number of carbonyl (C=O) groups is 1. The van der Waals surface area contributed by atoms with E-state index in [1.165, 1.54) is 0 Å². The largest absolute Gasteiger partial charge is 0.396 e. The Kier molecular flexibility index (Phi) is 4.22. The molecule has 18 heavy (non-hydrogen) atoms. The van der Waals surface area contributed by atoms with Crippen molar-refractivity contribution in [2.24, 2.45) is 17.1 Å². The number of aliphatic hydroxyl groups is 1. The average molecular weight is 270 g/mol. The van der Waals surface area contributed by atoms with Crippen molar-refractivity contribution >= 4 is 23.1 Å². The minimum atomic E-state index is -0.599. The minimum absolute atomic E-state index is 0.102. The molecule has 1 saturated carbocycles. The molecule has 0 aromatic carbocycles. The van der Waals surface area contributed by atoms with E-state index >= 15 is 0 Å². The summed E-state index contributed by atoms with van der Waals surface area (Å²) in [5.41, 5.74) is 5.27. The van der Waals surface area contributed by atoms with Crippen LogP contribution >= 0.6 is 12.2 Å². The van der Waals surface area contributed by atoms with Crippen molar-refractivity contribution in [2.75, 3.05) is 19.7 Å². The molecule has 1 aliphatic heterocycles. The van der Waals surface area contributed by atoms with Crippen molar-refractivity contribution in [1.29, 1.82) is 0 Å². The number of carbonyl (C=O) groups excluding carboxylic acids is 1. The molecular formula is C13H22N2O2S. The van der Waals surface area contributed by atoms with E-state index < -0.39 is 5.41 Å². The Morgan fingerprint density at radius 2 is 2.06 bits per heavy atom. The van der Waals surface area contributed by atoms with Crippen LogP contribution in [-0.4, -0.2) is 40.6 Å². The monoisotopic (exact) mass is 270 g/mol. The van der Waals surface area contributed by atoms with Gasteiger partial charge in [0.05, 0.1) is 10.4 Å². The van der Waals surface area contributed by atoms with Crippen molar-refractivity contribution in [3.63, 3.8) is 0 Å². The van der Waals surface area contributed by atoms with Gasteiger partial charge in [0.1, 0.15) is 0 Å². The van der Waals surface area contributed by atoms with Crippen LogP contribution in [0.4, 0.5) is 0 Å². The highest BCUT2D eigenvalue weighted by Crippen LogP contribution is 2.39. The summed E-state index contributed by atoms with van der Waals surface area (Å²) in [7, 11) is 0. The molecule has 2 rings (SSSR count). The summed E-state index contributed by atoms with van der Waals surface area (Å²) in [6.07, 6.45) is 5.69. The van der Waals surface area contributed by atoms with Crippen LogP contribution in [0.15, 0.2) is 0 Å². The summed E-state index contributed by atoms with van der Waals surface area (Å²) in [6.45, 7) is 1.54. The van der Waals surface area contributed by atoms with E-state index in [4.69, 9.17) is 23.1 Å². The van der Waals surface area contributed by atoms with E-state index in [0.29, 0.717) is 11.5 Å². The Labute approximate surface area is 114 Å². The van der Waals surface area contributed by atoms with Crippen LogP contribution in [0.25, 0.3) is 0 Å². The molecular weight excluding hydrogens is 248 g/mol. The molecule has 0 aromatic rings. The minimum Gasteiger partial charge on any atom is -0.396 e. The molecule has 0 aromatic heterocycles. The normalized spacial score (nSPS) is 27.2. The lowest BCUT2D eigenvalue weighted by Crippen LogP contribution is -2.51. The number of nitrogens with zero attached hydrogens (tertiary/aromatic N) is 1. The molecule has 4 nitrogen and oxygen atoms in total. The molecule has 2 fully saturated rings. The van der Waals surface area contributed by atoms with Crippen LogP contribution < -0.4 is 5.73 Å². The second-order valence-corrected chi connectivity index (χ2v) is 6.04. The van der Waals surface area contributed by atoms with Gasteiger partial charge in [0.15, 0.2) is 0 Å². The van der Waals surface area contributed by atoms with Gasteiger partial charge in [0.25, 0.3) is 0 Å². The third kappa shape index (κ3) is 2.38. The molecule has 0 bridgehead atoms. The van der Waals surface area contributed by atoms with Gasteiger partial charge in [0.2, 0.25) is 5.91 Å². The predicted molar refractivity (Wildman–Crippen MR) is 74.1 cm³/mol. The fraction of sp³-hybridized carbons (Fsp3) is 0.846. The first kappa shape index (κ1) is 13.7. The molecule has 102 valence electrons. The smallest absolute Gasteiger partial charge is 0.235 e. The zero-order valence-electron chi connectivity index (χ0n) is 10.7. The fourth-order valence-electron chi connectivity index (χ4n) is 3.19. The van der Waals surface area contributed by atoms with E-state index in [1.54, 1.807) is 0 Å². The number of aliphatic hydroxyl groups excluding tert-OH is 1. The highest BCUT2D eigenvalue weighted by Gasteiger charge is 2.45. The molecule has 1 aliphatic carbocycles.